The Labute approximate surface area is 122 Å². The summed E-state index contributed by atoms with van der Waals surface area (Å²) in [5.41, 5.74) is 2.39. The van der Waals surface area contributed by atoms with Gasteiger partial charge in [-0.25, -0.2) is 0 Å². The Hall–Kier alpha value is -1.35. The molecule has 0 spiro atoms. The smallest absolute Gasteiger partial charge is 0.310 e. The number of carbonyl (C=O) groups excluding carboxylic acids is 1. The number of rotatable bonds is 6. The maximum atomic E-state index is 11.7. The largest absolute Gasteiger partial charge is 0.465 e. The van der Waals surface area contributed by atoms with Crippen molar-refractivity contribution in [1.82, 2.24) is 0 Å². The summed E-state index contributed by atoms with van der Waals surface area (Å²) in [6.45, 7) is 8.89. The third kappa shape index (κ3) is 5.74. The van der Waals surface area contributed by atoms with Crippen LogP contribution < -0.4 is 0 Å². The summed E-state index contributed by atoms with van der Waals surface area (Å²) in [5, 5.41) is 0. The highest BCUT2D eigenvalue weighted by Gasteiger charge is 2.13. The van der Waals surface area contributed by atoms with Crippen LogP contribution in [0.1, 0.15) is 45.2 Å². The first-order valence-corrected chi connectivity index (χ1v) is 7.10. The number of carbonyl (C=O) groups is 1. The summed E-state index contributed by atoms with van der Waals surface area (Å²) < 4.78 is 10.3. The molecule has 0 saturated carbocycles. The predicted molar refractivity (Wildman–Crippen MR) is 80.9 cm³/mol. The van der Waals surface area contributed by atoms with E-state index < -0.39 is 0 Å². The molecule has 1 atom stereocenters. The van der Waals surface area contributed by atoms with Crippen LogP contribution in [0.15, 0.2) is 24.3 Å². The molecular formula is C17H26O3. The minimum Gasteiger partial charge on any atom is -0.465 e. The van der Waals surface area contributed by atoms with Gasteiger partial charge in [-0.1, -0.05) is 45.0 Å². The van der Waals surface area contributed by atoms with Crippen molar-refractivity contribution in [2.24, 2.45) is 0 Å². The first kappa shape index (κ1) is 16.7. The number of hydrogen-bond donors (Lipinski definition) is 0. The highest BCUT2D eigenvalue weighted by Crippen LogP contribution is 2.22. The molecule has 0 saturated heterocycles. The lowest BCUT2D eigenvalue weighted by Gasteiger charge is -2.19. The number of benzene rings is 1. The minimum atomic E-state index is -0.184. The maximum absolute atomic E-state index is 11.7. The average molecular weight is 278 g/mol. The predicted octanol–water partition coefficient (Wildman–Crippen LogP) is 3.49. The molecule has 1 aromatic carbocycles. The van der Waals surface area contributed by atoms with Crippen molar-refractivity contribution in [2.75, 3.05) is 13.7 Å². The van der Waals surface area contributed by atoms with Gasteiger partial charge in [0.15, 0.2) is 0 Å². The lowest BCUT2D eigenvalue weighted by Crippen LogP contribution is -2.14. The van der Waals surface area contributed by atoms with E-state index in [4.69, 9.17) is 9.47 Å². The molecule has 1 rings (SSSR count). The van der Waals surface area contributed by atoms with E-state index in [9.17, 15) is 4.79 Å². The van der Waals surface area contributed by atoms with E-state index in [2.05, 4.69) is 32.9 Å². The summed E-state index contributed by atoms with van der Waals surface area (Å²) in [6, 6.07) is 8.16. The van der Waals surface area contributed by atoms with E-state index in [-0.39, 0.29) is 17.5 Å². The van der Waals surface area contributed by atoms with Crippen LogP contribution in [-0.2, 0) is 26.1 Å². The second kappa shape index (κ2) is 7.44. The fourth-order valence-electron chi connectivity index (χ4n) is 1.80. The highest BCUT2D eigenvalue weighted by molar-refractivity contribution is 5.72. The lowest BCUT2D eigenvalue weighted by atomic mass is 9.86. The van der Waals surface area contributed by atoms with Crippen LogP contribution in [0, 0.1) is 0 Å². The normalized spacial score (nSPS) is 13.1. The Kier molecular flexibility index (Phi) is 6.21. The molecule has 0 fully saturated rings. The van der Waals surface area contributed by atoms with Crippen LogP contribution >= 0.6 is 0 Å². The van der Waals surface area contributed by atoms with E-state index in [1.807, 2.05) is 19.1 Å². The molecule has 0 aliphatic carbocycles. The second-order valence-electron chi connectivity index (χ2n) is 6.18. The third-order valence-corrected chi connectivity index (χ3v) is 3.36. The van der Waals surface area contributed by atoms with E-state index in [1.54, 1.807) is 7.11 Å². The quantitative estimate of drug-likeness (QED) is 0.747. The molecule has 0 amide bonds. The number of esters is 1. The van der Waals surface area contributed by atoms with Crippen molar-refractivity contribution in [2.45, 2.75) is 52.1 Å². The van der Waals surface area contributed by atoms with Crippen LogP contribution in [0.3, 0.4) is 0 Å². The summed E-state index contributed by atoms with van der Waals surface area (Å²) >= 11 is 0. The fraction of sp³-hybridized carbons (Fsp3) is 0.588. The van der Waals surface area contributed by atoms with Crippen molar-refractivity contribution in [1.29, 1.82) is 0 Å². The minimum absolute atomic E-state index is 0.119. The number of ether oxygens (including phenoxy) is 2. The van der Waals surface area contributed by atoms with Gasteiger partial charge in [-0.2, -0.15) is 0 Å². The van der Waals surface area contributed by atoms with Crippen LogP contribution in [0.5, 0.6) is 0 Å². The summed E-state index contributed by atoms with van der Waals surface area (Å²) in [6.07, 6.45) is 1.17. The Morgan fingerprint density at radius 2 is 1.80 bits per heavy atom. The van der Waals surface area contributed by atoms with Gasteiger partial charge in [0.1, 0.15) is 0 Å². The molecule has 0 radical (unpaired) electrons. The lowest BCUT2D eigenvalue weighted by molar-refractivity contribution is -0.143. The van der Waals surface area contributed by atoms with Crippen LogP contribution in [0.2, 0.25) is 0 Å². The number of hydrogen-bond acceptors (Lipinski definition) is 3. The van der Waals surface area contributed by atoms with Crippen molar-refractivity contribution in [3.63, 3.8) is 0 Å². The van der Waals surface area contributed by atoms with E-state index >= 15 is 0 Å². The van der Waals surface area contributed by atoms with Crippen molar-refractivity contribution >= 4 is 5.97 Å². The first-order valence-electron chi connectivity index (χ1n) is 7.10. The molecule has 1 unspecified atom stereocenters. The monoisotopic (exact) mass is 278 g/mol. The van der Waals surface area contributed by atoms with Crippen molar-refractivity contribution in [3.8, 4) is 0 Å². The Morgan fingerprint density at radius 3 is 2.30 bits per heavy atom. The summed E-state index contributed by atoms with van der Waals surface area (Å²) in [4.78, 5) is 11.7. The van der Waals surface area contributed by atoms with Crippen molar-refractivity contribution in [3.05, 3.63) is 35.4 Å². The van der Waals surface area contributed by atoms with Gasteiger partial charge in [0.2, 0.25) is 0 Å². The van der Waals surface area contributed by atoms with Crippen LogP contribution in [0.4, 0.5) is 0 Å². The van der Waals surface area contributed by atoms with Gasteiger partial charge in [0.05, 0.1) is 19.1 Å². The maximum Gasteiger partial charge on any atom is 0.310 e. The molecule has 3 heteroatoms. The van der Waals surface area contributed by atoms with E-state index in [0.29, 0.717) is 13.0 Å². The molecule has 0 aliphatic heterocycles. The highest BCUT2D eigenvalue weighted by atomic mass is 16.5. The van der Waals surface area contributed by atoms with Crippen LogP contribution in [-0.4, -0.2) is 25.8 Å². The van der Waals surface area contributed by atoms with E-state index in [0.717, 1.165) is 12.0 Å². The molecule has 0 aliphatic rings. The molecule has 3 nitrogen and oxygen atoms in total. The second-order valence-corrected chi connectivity index (χ2v) is 6.18. The molecule has 112 valence electrons. The van der Waals surface area contributed by atoms with Gasteiger partial charge < -0.3 is 9.47 Å². The molecule has 0 heterocycles. The summed E-state index contributed by atoms with van der Waals surface area (Å²) in [5.74, 6) is -0.184. The van der Waals surface area contributed by atoms with E-state index in [1.165, 1.54) is 5.56 Å². The average Bonchev–Trinajstić information content (AvgIpc) is 2.38. The standard InChI is InChI=1S/C17H26O3/c1-13(19-5)10-11-20-16(18)12-14-6-8-15(9-7-14)17(2,3)4/h6-9,13H,10-12H2,1-5H3. The zero-order valence-electron chi connectivity index (χ0n) is 13.2. The third-order valence-electron chi connectivity index (χ3n) is 3.36. The van der Waals surface area contributed by atoms with Gasteiger partial charge in [0.25, 0.3) is 0 Å². The SMILES string of the molecule is COC(C)CCOC(=O)Cc1ccc(C(C)(C)C)cc1. The van der Waals surface area contributed by atoms with Gasteiger partial charge >= 0.3 is 5.97 Å². The Bertz CT molecular complexity index is 415. The first-order chi connectivity index (χ1) is 9.32. The zero-order chi connectivity index (χ0) is 15.2. The number of methoxy groups -OCH3 is 1. The zero-order valence-corrected chi connectivity index (χ0v) is 13.2. The molecule has 0 N–H and O–H groups in total. The Balaban J connectivity index is 2.43. The fourth-order valence-corrected chi connectivity index (χ4v) is 1.80. The molecular weight excluding hydrogens is 252 g/mol. The molecule has 0 aromatic heterocycles. The summed E-state index contributed by atoms with van der Waals surface area (Å²) in [7, 11) is 1.66. The van der Waals surface area contributed by atoms with Gasteiger partial charge in [-0.3, -0.25) is 4.79 Å². The van der Waals surface area contributed by atoms with Gasteiger partial charge in [-0.05, 0) is 23.5 Å². The Morgan fingerprint density at radius 1 is 1.20 bits per heavy atom. The van der Waals surface area contributed by atoms with Gasteiger partial charge in [0, 0.05) is 13.5 Å². The van der Waals surface area contributed by atoms with Crippen molar-refractivity contribution < 1.29 is 14.3 Å². The molecule has 20 heavy (non-hydrogen) atoms. The molecule has 0 bridgehead atoms. The van der Waals surface area contributed by atoms with Gasteiger partial charge in [-0.15, -0.1) is 0 Å². The molecule has 1 aromatic rings. The van der Waals surface area contributed by atoms with Crippen LogP contribution in [0.25, 0.3) is 0 Å². The topological polar surface area (TPSA) is 35.5 Å².